The zero-order chi connectivity index (χ0) is 16.5. The highest BCUT2D eigenvalue weighted by atomic mass is 16.3. The molecule has 1 aliphatic carbocycles. The molecule has 1 aromatic rings. The van der Waals surface area contributed by atoms with Crippen molar-refractivity contribution < 1.29 is 9.90 Å². The highest BCUT2D eigenvalue weighted by Gasteiger charge is 2.34. The molecule has 22 heavy (non-hydrogen) atoms. The summed E-state index contributed by atoms with van der Waals surface area (Å²) in [5.74, 6) is -0.0297. The van der Waals surface area contributed by atoms with Crippen molar-refractivity contribution in [3.05, 3.63) is 27.9 Å². The number of aromatic amines is 1. The number of nitrogens with zero attached hydrogens (tertiary/aromatic N) is 1. The Morgan fingerprint density at radius 2 is 2.14 bits per heavy atom. The van der Waals surface area contributed by atoms with Crippen LogP contribution in [0.25, 0.3) is 0 Å². The van der Waals surface area contributed by atoms with Crippen LogP contribution in [-0.2, 0) is 5.41 Å². The van der Waals surface area contributed by atoms with Gasteiger partial charge in [0.25, 0.3) is 5.91 Å². The van der Waals surface area contributed by atoms with E-state index in [4.69, 9.17) is 0 Å². The van der Waals surface area contributed by atoms with Gasteiger partial charge >= 0.3 is 5.69 Å². The Labute approximate surface area is 130 Å². The fourth-order valence-electron chi connectivity index (χ4n) is 2.73. The van der Waals surface area contributed by atoms with E-state index in [9.17, 15) is 14.7 Å². The standard InChI is InChI=1S/C16H25N3O3/c1-5-11(9-6-10(20)7-9)17-14(21)12-8-13(16(2,3)4)19-15(22)18-12/h8-11,20H,5-7H2,1-4H3,(H,17,21)(H,18,19,22)/t9?,10?,11-/m1/s1. The Bertz CT molecular complexity index is 597. The van der Waals surface area contributed by atoms with Crippen molar-refractivity contribution in [2.45, 2.75) is 64.5 Å². The third-order valence-corrected chi connectivity index (χ3v) is 4.26. The highest BCUT2D eigenvalue weighted by Crippen LogP contribution is 2.31. The van der Waals surface area contributed by atoms with Gasteiger partial charge in [-0.3, -0.25) is 4.79 Å². The second-order valence-electron chi connectivity index (χ2n) is 7.11. The van der Waals surface area contributed by atoms with Crippen molar-refractivity contribution in [2.75, 3.05) is 0 Å². The van der Waals surface area contributed by atoms with Gasteiger partial charge in [0, 0.05) is 17.2 Å². The van der Waals surface area contributed by atoms with Gasteiger partial charge in [0.1, 0.15) is 5.69 Å². The Morgan fingerprint density at radius 3 is 2.64 bits per heavy atom. The molecule has 2 rings (SSSR count). The molecule has 122 valence electrons. The average Bonchev–Trinajstić information content (AvgIpc) is 2.39. The number of rotatable bonds is 4. The molecule has 0 bridgehead atoms. The number of aromatic nitrogens is 2. The fraction of sp³-hybridized carbons (Fsp3) is 0.688. The first-order chi connectivity index (χ1) is 10.2. The van der Waals surface area contributed by atoms with Crippen LogP contribution in [0, 0.1) is 5.92 Å². The van der Waals surface area contributed by atoms with Crippen LogP contribution in [-0.4, -0.2) is 33.1 Å². The van der Waals surface area contributed by atoms with E-state index in [0.717, 1.165) is 19.3 Å². The summed E-state index contributed by atoms with van der Waals surface area (Å²) < 4.78 is 0. The molecule has 3 N–H and O–H groups in total. The van der Waals surface area contributed by atoms with Gasteiger partial charge in [-0.1, -0.05) is 27.7 Å². The van der Waals surface area contributed by atoms with Crippen LogP contribution in [0.3, 0.4) is 0 Å². The van der Waals surface area contributed by atoms with E-state index >= 15 is 0 Å². The topological polar surface area (TPSA) is 95.1 Å². The number of carbonyl (C=O) groups excluding carboxylic acids is 1. The zero-order valence-electron chi connectivity index (χ0n) is 13.6. The molecular formula is C16H25N3O3. The largest absolute Gasteiger partial charge is 0.393 e. The molecule has 0 saturated heterocycles. The molecule has 0 unspecified atom stereocenters. The van der Waals surface area contributed by atoms with Crippen LogP contribution in [0.15, 0.2) is 10.9 Å². The van der Waals surface area contributed by atoms with Crippen LogP contribution in [0.4, 0.5) is 0 Å². The Kier molecular flexibility index (Phi) is 4.70. The lowest BCUT2D eigenvalue weighted by Gasteiger charge is -2.37. The maximum atomic E-state index is 12.4. The van der Waals surface area contributed by atoms with E-state index in [1.54, 1.807) is 6.07 Å². The molecule has 1 heterocycles. The minimum absolute atomic E-state index is 0.00933. The summed E-state index contributed by atoms with van der Waals surface area (Å²) in [6, 6.07) is 1.65. The number of H-pyrrole nitrogens is 1. The molecule has 6 nitrogen and oxygen atoms in total. The van der Waals surface area contributed by atoms with E-state index in [1.165, 1.54) is 0 Å². The molecule has 6 heteroatoms. The summed E-state index contributed by atoms with van der Waals surface area (Å²) in [6.45, 7) is 7.89. The molecule has 1 aliphatic rings. The summed E-state index contributed by atoms with van der Waals surface area (Å²) in [7, 11) is 0. The average molecular weight is 307 g/mol. The molecule has 1 amide bonds. The molecule has 0 spiro atoms. The molecule has 1 fully saturated rings. The van der Waals surface area contributed by atoms with Gasteiger partial charge in [0.05, 0.1) is 6.10 Å². The lowest BCUT2D eigenvalue weighted by Crippen LogP contribution is -2.47. The molecular weight excluding hydrogens is 282 g/mol. The predicted molar refractivity (Wildman–Crippen MR) is 83.8 cm³/mol. The molecule has 0 aromatic carbocycles. The smallest absolute Gasteiger partial charge is 0.345 e. The van der Waals surface area contributed by atoms with Gasteiger partial charge in [-0.25, -0.2) is 4.79 Å². The summed E-state index contributed by atoms with van der Waals surface area (Å²) in [6.07, 6.45) is 1.98. The van der Waals surface area contributed by atoms with Gasteiger partial charge in [-0.05, 0) is 31.2 Å². The van der Waals surface area contributed by atoms with E-state index in [2.05, 4.69) is 15.3 Å². The van der Waals surface area contributed by atoms with Crippen LogP contribution >= 0.6 is 0 Å². The second-order valence-corrected chi connectivity index (χ2v) is 7.11. The Hall–Kier alpha value is -1.69. The maximum Gasteiger partial charge on any atom is 0.345 e. The van der Waals surface area contributed by atoms with Gasteiger partial charge in [0.2, 0.25) is 0 Å². The van der Waals surface area contributed by atoms with Crippen LogP contribution < -0.4 is 11.0 Å². The van der Waals surface area contributed by atoms with E-state index in [0.29, 0.717) is 11.6 Å². The molecule has 1 saturated carbocycles. The Morgan fingerprint density at radius 1 is 1.50 bits per heavy atom. The molecule has 0 aliphatic heterocycles. The first-order valence-electron chi connectivity index (χ1n) is 7.81. The van der Waals surface area contributed by atoms with Gasteiger partial charge in [0.15, 0.2) is 0 Å². The van der Waals surface area contributed by atoms with Gasteiger partial charge in [-0.15, -0.1) is 0 Å². The van der Waals surface area contributed by atoms with Gasteiger partial charge in [-0.2, -0.15) is 4.98 Å². The number of carbonyl (C=O) groups is 1. The zero-order valence-corrected chi connectivity index (χ0v) is 13.6. The fourth-order valence-corrected chi connectivity index (χ4v) is 2.73. The monoisotopic (exact) mass is 307 g/mol. The van der Waals surface area contributed by atoms with Crippen molar-refractivity contribution in [1.29, 1.82) is 0 Å². The first kappa shape index (κ1) is 16.7. The molecule has 1 atom stereocenters. The number of aliphatic hydroxyl groups is 1. The van der Waals surface area contributed by atoms with Crippen molar-refractivity contribution in [3.63, 3.8) is 0 Å². The van der Waals surface area contributed by atoms with Crippen LogP contribution in [0.5, 0.6) is 0 Å². The number of amides is 1. The SMILES string of the molecule is CC[C@@H](NC(=O)c1cc(C(C)(C)C)[nH]c(=O)n1)C1CC(O)C1. The summed E-state index contributed by atoms with van der Waals surface area (Å²) >= 11 is 0. The third kappa shape index (κ3) is 3.74. The third-order valence-electron chi connectivity index (χ3n) is 4.26. The summed E-state index contributed by atoms with van der Waals surface area (Å²) in [4.78, 5) is 30.5. The van der Waals surface area contributed by atoms with Crippen molar-refractivity contribution in [2.24, 2.45) is 5.92 Å². The van der Waals surface area contributed by atoms with Crippen molar-refractivity contribution in [3.8, 4) is 0 Å². The van der Waals surface area contributed by atoms with Crippen LogP contribution in [0.1, 0.15) is 63.1 Å². The second kappa shape index (κ2) is 6.20. The van der Waals surface area contributed by atoms with E-state index < -0.39 is 5.69 Å². The number of aliphatic hydroxyl groups excluding tert-OH is 1. The number of hydrogen-bond donors (Lipinski definition) is 3. The lowest BCUT2D eigenvalue weighted by atomic mass is 9.76. The minimum Gasteiger partial charge on any atom is -0.393 e. The highest BCUT2D eigenvalue weighted by molar-refractivity contribution is 5.92. The molecule has 0 radical (unpaired) electrons. The number of nitrogens with one attached hydrogen (secondary N) is 2. The first-order valence-corrected chi connectivity index (χ1v) is 7.81. The summed E-state index contributed by atoms with van der Waals surface area (Å²) in [5, 5.41) is 12.4. The lowest BCUT2D eigenvalue weighted by molar-refractivity contribution is 0.0232. The summed E-state index contributed by atoms with van der Waals surface area (Å²) in [5.41, 5.74) is 0.0563. The predicted octanol–water partition coefficient (Wildman–Crippen LogP) is 1.35. The van der Waals surface area contributed by atoms with Crippen molar-refractivity contribution >= 4 is 5.91 Å². The van der Waals surface area contributed by atoms with Crippen molar-refractivity contribution in [1.82, 2.24) is 15.3 Å². The van der Waals surface area contributed by atoms with Gasteiger partial charge < -0.3 is 15.4 Å². The Balaban J connectivity index is 2.15. The minimum atomic E-state index is -0.510. The maximum absolute atomic E-state index is 12.4. The van der Waals surface area contributed by atoms with Crippen LogP contribution in [0.2, 0.25) is 0 Å². The number of hydrogen-bond acceptors (Lipinski definition) is 4. The normalized spacial score (nSPS) is 22.8. The quantitative estimate of drug-likeness (QED) is 0.782. The van der Waals surface area contributed by atoms with E-state index in [1.807, 2.05) is 27.7 Å². The van der Waals surface area contributed by atoms with E-state index in [-0.39, 0.29) is 29.2 Å². The molecule has 1 aromatic heterocycles.